The second-order valence-electron chi connectivity index (χ2n) is 4.38. The summed E-state index contributed by atoms with van der Waals surface area (Å²) in [5.41, 5.74) is 0.790. The molecule has 1 aliphatic carbocycles. The van der Waals surface area contributed by atoms with Crippen LogP contribution in [0.5, 0.6) is 0 Å². The van der Waals surface area contributed by atoms with Gasteiger partial charge >= 0.3 is 0 Å². The zero-order valence-corrected chi connectivity index (χ0v) is 10.5. The summed E-state index contributed by atoms with van der Waals surface area (Å²) < 4.78 is 5.98. The zero-order valence-electron chi connectivity index (χ0n) is 9.76. The van der Waals surface area contributed by atoms with E-state index < -0.39 is 0 Å². The van der Waals surface area contributed by atoms with Gasteiger partial charge in [-0.05, 0) is 19.8 Å². The lowest BCUT2D eigenvalue weighted by Gasteiger charge is -2.35. The van der Waals surface area contributed by atoms with Crippen LogP contribution in [0.3, 0.4) is 0 Å². The van der Waals surface area contributed by atoms with Crippen molar-refractivity contribution in [3.63, 3.8) is 0 Å². The molecule has 1 aromatic heterocycles. The van der Waals surface area contributed by atoms with Crippen LogP contribution in [-0.2, 0) is 16.2 Å². The molecular weight excluding hydrogens is 224 g/mol. The van der Waals surface area contributed by atoms with Gasteiger partial charge in [-0.2, -0.15) is 0 Å². The number of rotatable bonds is 4. The molecular formula is C12H19ClN2O. The summed E-state index contributed by atoms with van der Waals surface area (Å²) in [7, 11) is 0. The topological polar surface area (TPSA) is 37.9 Å². The molecule has 1 saturated carbocycles. The predicted octanol–water partition coefficient (Wildman–Crippen LogP) is 3.34. The Labute approximate surface area is 102 Å². The third-order valence-corrected chi connectivity index (χ3v) is 3.57. The van der Waals surface area contributed by atoms with E-state index in [9.17, 15) is 0 Å². The number of alkyl halides is 1. The van der Waals surface area contributed by atoms with Crippen molar-refractivity contribution in [2.24, 2.45) is 0 Å². The molecule has 4 heteroatoms. The molecule has 0 saturated heterocycles. The molecule has 0 aromatic carbocycles. The van der Waals surface area contributed by atoms with E-state index >= 15 is 0 Å². The fraction of sp³-hybridized carbons (Fsp3) is 0.750. The van der Waals surface area contributed by atoms with Gasteiger partial charge in [0.1, 0.15) is 11.4 Å². The standard InChI is InChI=1S/C12H19ClN2O/c1-2-16-12(6-4-3-5-7-12)11-14-9-10(8-13)15-11/h9H,2-8H2,1H3,(H,14,15). The molecule has 0 atom stereocenters. The first-order chi connectivity index (χ1) is 7.80. The molecule has 3 nitrogen and oxygen atoms in total. The van der Waals surface area contributed by atoms with Crippen molar-refractivity contribution in [3.05, 3.63) is 17.7 Å². The lowest BCUT2D eigenvalue weighted by molar-refractivity contribution is -0.0762. The molecule has 90 valence electrons. The number of imidazole rings is 1. The van der Waals surface area contributed by atoms with Gasteiger partial charge in [0.15, 0.2) is 0 Å². The monoisotopic (exact) mass is 242 g/mol. The SMILES string of the molecule is CCOC1(c2ncc(CCl)[nH]2)CCCCC1. The van der Waals surface area contributed by atoms with E-state index in [1.54, 1.807) is 0 Å². The highest BCUT2D eigenvalue weighted by Gasteiger charge is 2.37. The molecule has 1 aliphatic rings. The second-order valence-corrected chi connectivity index (χ2v) is 4.65. The first-order valence-corrected chi connectivity index (χ1v) is 6.58. The van der Waals surface area contributed by atoms with Crippen LogP contribution in [0, 0.1) is 0 Å². The smallest absolute Gasteiger partial charge is 0.138 e. The summed E-state index contributed by atoms with van der Waals surface area (Å²) in [6.45, 7) is 2.78. The van der Waals surface area contributed by atoms with Crippen molar-refractivity contribution in [3.8, 4) is 0 Å². The second kappa shape index (κ2) is 5.19. The number of nitrogens with one attached hydrogen (secondary N) is 1. The van der Waals surface area contributed by atoms with E-state index in [1.807, 2.05) is 13.1 Å². The summed E-state index contributed by atoms with van der Waals surface area (Å²) in [6.07, 6.45) is 7.69. The van der Waals surface area contributed by atoms with E-state index in [2.05, 4.69) is 9.97 Å². The maximum atomic E-state index is 5.98. The van der Waals surface area contributed by atoms with Crippen LogP contribution >= 0.6 is 11.6 Å². The first kappa shape index (κ1) is 11.9. The normalized spacial score (nSPS) is 19.9. The number of H-pyrrole nitrogens is 1. The fourth-order valence-corrected chi connectivity index (χ4v) is 2.64. The lowest BCUT2D eigenvalue weighted by atomic mass is 9.84. The average Bonchev–Trinajstić information content (AvgIpc) is 2.80. The molecule has 0 radical (unpaired) electrons. The van der Waals surface area contributed by atoms with Crippen molar-refractivity contribution >= 4 is 11.6 Å². The van der Waals surface area contributed by atoms with Gasteiger partial charge in [0, 0.05) is 18.5 Å². The Bertz CT molecular complexity index is 326. The van der Waals surface area contributed by atoms with Gasteiger partial charge in [-0.25, -0.2) is 4.98 Å². The number of aromatic amines is 1. The van der Waals surface area contributed by atoms with Crippen molar-refractivity contribution < 1.29 is 4.74 Å². The zero-order chi connectivity index (χ0) is 11.4. The predicted molar refractivity (Wildman–Crippen MR) is 64.5 cm³/mol. The number of aromatic nitrogens is 2. The highest BCUT2D eigenvalue weighted by molar-refractivity contribution is 6.16. The van der Waals surface area contributed by atoms with Gasteiger partial charge in [0.05, 0.1) is 5.88 Å². The molecule has 1 aromatic rings. The third-order valence-electron chi connectivity index (χ3n) is 3.29. The lowest BCUT2D eigenvalue weighted by Crippen LogP contribution is -2.33. The molecule has 16 heavy (non-hydrogen) atoms. The number of hydrogen-bond acceptors (Lipinski definition) is 2. The molecule has 1 fully saturated rings. The van der Waals surface area contributed by atoms with Gasteiger partial charge < -0.3 is 9.72 Å². The highest BCUT2D eigenvalue weighted by atomic mass is 35.5. The van der Waals surface area contributed by atoms with Crippen molar-refractivity contribution in [1.82, 2.24) is 9.97 Å². The number of halogens is 1. The van der Waals surface area contributed by atoms with E-state index in [-0.39, 0.29) is 5.60 Å². The van der Waals surface area contributed by atoms with Crippen LogP contribution in [-0.4, -0.2) is 16.6 Å². The summed E-state index contributed by atoms with van der Waals surface area (Å²) >= 11 is 5.79. The Hall–Kier alpha value is -0.540. The Morgan fingerprint density at radius 1 is 1.44 bits per heavy atom. The number of ether oxygens (including phenoxy) is 1. The van der Waals surface area contributed by atoms with Crippen molar-refractivity contribution in [1.29, 1.82) is 0 Å². The summed E-state index contributed by atoms with van der Waals surface area (Å²) in [5.74, 6) is 1.44. The Morgan fingerprint density at radius 2 is 2.19 bits per heavy atom. The first-order valence-electron chi connectivity index (χ1n) is 6.05. The summed E-state index contributed by atoms with van der Waals surface area (Å²) in [6, 6.07) is 0. The Kier molecular flexibility index (Phi) is 3.87. The molecule has 1 N–H and O–H groups in total. The van der Waals surface area contributed by atoms with Gasteiger partial charge in [-0.15, -0.1) is 11.6 Å². The van der Waals surface area contributed by atoms with Crippen molar-refractivity contribution in [2.75, 3.05) is 6.61 Å². The molecule has 2 rings (SSSR count). The third kappa shape index (κ3) is 2.25. The van der Waals surface area contributed by atoms with E-state index in [1.165, 1.54) is 19.3 Å². The molecule has 0 spiro atoms. The average molecular weight is 243 g/mol. The maximum absolute atomic E-state index is 5.98. The fourth-order valence-electron chi connectivity index (χ4n) is 2.51. The number of hydrogen-bond donors (Lipinski definition) is 1. The van der Waals surface area contributed by atoms with Crippen LogP contribution in [0.4, 0.5) is 0 Å². The Balaban J connectivity index is 2.23. The molecule has 0 amide bonds. The van der Waals surface area contributed by atoms with Gasteiger partial charge in [-0.3, -0.25) is 0 Å². The summed E-state index contributed by atoms with van der Waals surface area (Å²) in [4.78, 5) is 7.73. The quantitative estimate of drug-likeness (QED) is 0.823. The molecule has 1 heterocycles. The molecule has 0 aliphatic heterocycles. The molecule has 0 unspecified atom stereocenters. The molecule has 0 bridgehead atoms. The Morgan fingerprint density at radius 3 is 2.75 bits per heavy atom. The van der Waals surface area contributed by atoms with Gasteiger partial charge in [0.25, 0.3) is 0 Å². The highest BCUT2D eigenvalue weighted by Crippen LogP contribution is 2.39. The van der Waals surface area contributed by atoms with Crippen LogP contribution in [0.25, 0.3) is 0 Å². The largest absolute Gasteiger partial charge is 0.367 e. The number of nitrogens with zero attached hydrogens (tertiary/aromatic N) is 1. The van der Waals surface area contributed by atoms with Crippen molar-refractivity contribution in [2.45, 2.75) is 50.5 Å². The minimum Gasteiger partial charge on any atom is -0.367 e. The van der Waals surface area contributed by atoms with Gasteiger partial charge in [0.2, 0.25) is 0 Å². The van der Waals surface area contributed by atoms with Crippen LogP contribution in [0.1, 0.15) is 50.5 Å². The van der Waals surface area contributed by atoms with Crippen LogP contribution in [0.2, 0.25) is 0 Å². The maximum Gasteiger partial charge on any atom is 0.138 e. The van der Waals surface area contributed by atoms with E-state index in [0.717, 1.165) is 31.0 Å². The van der Waals surface area contributed by atoms with E-state index in [0.29, 0.717) is 5.88 Å². The van der Waals surface area contributed by atoms with Crippen LogP contribution < -0.4 is 0 Å². The minimum atomic E-state index is -0.183. The summed E-state index contributed by atoms with van der Waals surface area (Å²) in [5, 5.41) is 0. The minimum absolute atomic E-state index is 0.183. The van der Waals surface area contributed by atoms with Crippen LogP contribution in [0.15, 0.2) is 6.20 Å². The van der Waals surface area contributed by atoms with E-state index in [4.69, 9.17) is 16.3 Å². The van der Waals surface area contributed by atoms with Gasteiger partial charge in [-0.1, -0.05) is 19.3 Å².